The number of nitrogens with zero attached hydrogens (tertiary/aromatic N) is 1. The van der Waals surface area contributed by atoms with Crippen molar-refractivity contribution in [2.75, 3.05) is 17.7 Å². The summed E-state index contributed by atoms with van der Waals surface area (Å²) >= 11 is 0. The average Bonchev–Trinajstić information content (AvgIpc) is 2.67. The Morgan fingerprint density at radius 3 is 2.27 bits per heavy atom. The lowest BCUT2D eigenvalue weighted by Gasteiger charge is -2.17. The third-order valence-corrected chi connectivity index (χ3v) is 2.66. The van der Waals surface area contributed by atoms with E-state index in [0.717, 1.165) is 12.1 Å². The smallest absolute Gasteiger partial charge is 0.383 e. The minimum Gasteiger partial charge on any atom is -0.383 e. The molecule has 124 valence electrons. The van der Waals surface area contributed by atoms with E-state index >= 15 is 0 Å². The van der Waals surface area contributed by atoms with Crippen LogP contribution in [0.1, 0.15) is 12.0 Å². The zero-order chi connectivity index (χ0) is 17.1. The van der Waals surface area contributed by atoms with Gasteiger partial charge in [0.05, 0.1) is 11.8 Å². The molecule has 1 aromatic carbocycles. The Hall–Kier alpha value is -1.65. The standard InChI is InChI=1S/C11H10F3NO2.CH4O3S/c12-11(13,14)7-2-1-3-8(6-7)15-5-4-9(16)10(15)17;1-5(2,3)4/h1-3,6,9,16H,4-5H2;1H3,(H,2,3,4). The molecule has 1 aliphatic heterocycles. The molecular weight excluding hydrogens is 327 g/mol. The van der Waals surface area contributed by atoms with Gasteiger partial charge in [-0.3, -0.25) is 9.35 Å². The normalized spacial score (nSPS) is 18.9. The van der Waals surface area contributed by atoms with Gasteiger partial charge in [-0.25, -0.2) is 0 Å². The monoisotopic (exact) mass is 341 g/mol. The second-order valence-corrected chi connectivity index (χ2v) is 6.04. The Morgan fingerprint density at radius 2 is 1.86 bits per heavy atom. The van der Waals surface area contributed by atoms with Gasteiger partial charge >= 0.3 is 6.18 Å². The van der Waals surface area contributed by atoms with Crippen molar-refractivity contribution in [1.29, 1.82) is 0 Å². The summed E-state index contributed by atoms with van der Waals surface area (Å²) in [4.78, 5) is 12.6. The van der Waals surface area contributed by atoms with E-state index in [9.17, 15) is 31.5 Å². The molecule has 2 rings (SSSR count). The number of halogens is 3. The van der Waals surface area contributed by atoms with Crippen LogP contribution in [-0.2, 0) is 21.1 Å². The molecule has 0 saturated carbocycles. The van der Waals surface area contributed by atoms with Gasteiger partial charge in [0.25, 0.3) is 16.0 Å². The molecule has 22 heavy (non-hydrogen) atoms. The number of carbonyl (C=O) groups is 1. The van der Waals surface area contributed by atoms with E-state index in [1.54, 1.807) is 0 Å². The molecular formula is C12H14F3NO5S. The predicted molar refractivity (Wildman–Crippen MR) is 71.9 cm³/mol. The molecule has 1 aliphatic rings. The SMILES string of the molecule is CS(=O)(=O)O.O=C1C(O)CCN1c1cccc(C(F)(F)F)c1. The van der Waals surface area contributed by atoms with Crippen molar-refractivity contribution in [3.63, 3.8) is 0 Å². The quantitative estimate of drug-likeness (QED) is 0.751. The summed E-state index contributed by atoms with van der Waals surface area (Å²) in [5.41, 5.74) is -0.634. The van der Waals surface area contributed by atoms with Crippen molar-refractivity contribution in [2.45, 2.75) is 18.7 Å². The Balaban J connectivity index is 0.000000422. The number of hydrogen-bond acceptors (Lipinski definition) is 4. The molecule has 1 aromatic rings. The Bertz CT molecular complexity index is 636. The van der Waals surface area contributed by atoms with Crippen LogP contribution in [0.25, 0.3) is 0 Å². The third kappa shape index (κ3) is 5.62. The summed E-state index contributed by atoms with van der Waals surface area (Å²) < 4.78 is 63.3. The van der Waals surface area contributed by atoms with E-state index in [4.69, 9.17) is 4.55 Å². The number of benzene rings is 1. The summed E-state index contributed by atoms with van der Waals surface area (Å²) in [6.45, 7) is 0.237. The zero-order valence-electron chi connectivity index (χ0n) is 11.4. The second-order valence-electron chi connectivity index (χ2n) is 4.58. The molecule has 0 spiro atoms. The zero-order valence-corrected chi connectivity index (χ0v) is 12.2. The summed E-state index contributed by atoms with van der Waals surface area (Å²) in [7, 11) is -3.67. The number of alkyl halides is 3. The first kappa shape index (κ1) is 18.4. The van der Waals surface area contributed by atoms with Gasteiger partial charge in [-0.05, 0) is 18.2 Å². The topological polar surface area (TPSA) is 94.9 Å². The summed E-state index contributed by atoms with van der Waals surface area (Å²) in [6.07, 6.45) is -4.58. The highest BCUT2D eigenvalue weighted by Gasteiger charge is 2.34. The molecule has 1 fully saturated rings. The van der Waals surface area contributed by atoms with E-state index in [-0.39, 0.29) is 18.7 Å². The van der Waals surface area contributed by atoms with Gasteiger partial charge < -0.3 is 10.0 Å². The fourth-order valence-electron chi connectivity index (χ4n) is 1.77. The maximum absolute atomic E-state index is 12.5. The van der Waals surface area contributed by atoms with E-state index in [1.165, 1.54) is 17.0 Å². The number of anilines is 1. The molecule has 0 radical (unpaired) electrons. The van der Waals surface area contributed by atoms with Gasteiger partial charge in [-0.1, -0.05) is 6.07 Å². The van der Waals surface area contributed by atoms with Gasteiger partial charge in [-0.15, -0.1) is 0 Å². The van der Waals surface area contributed by atoms with Crippen LogP contribution >= 0.6 is 0 Å². The first-order valence-corrected chi connectivity index (χ1v) is 7.83. The van der Waals surface area contributed by atoms with Crippen molar-refractivity contribution >= 4 is 21.7 Å². The molecule has 1 amide bonds. The van der Waals surface area contributed by atoms with Gasteiger partial charge in [0.1, 0.15) is 6.10 Å². The number of carbonyl (C=O) groups excluding carboxylic acids is 1. The van der Waals surface area contributed by atoms with Gasteiger partial charge in [0.2, 0.25) is 0 Å². The van der Waals surface area contributed by atoms with Crippen molar-refractivity contribution < 1.29 is 36.0 Å². The largest absolute Gasteiger partial charge is 0.416 e. The molecule has 0 bridgehead atoms. The van der Waals surface area contributed by atoms with Crippen LogP contribution in [0.4, 0.5) is 18.9 Å². The maximum Gasteiger partial charge on any atom is 0.416 e. The number of hydrogen-bond donors (Lipinski definition) is 2. The number of aliphatic hydroxyl groups is 1. The molecule has 2 N–H and O–H groups in total. The lowest BCUT2D eigenvalue weighted by atomic mass is 10.2. The molecule has 1 heterocycles. The van der Waals surface area contributed by atoms with Crippen LogP contribution in [0.15, 0.2) is 24.3 Å². The second kappa shape index (κ2) is 6.63. The molecule has 10 heteroatoms. The first-order chi connectivity index (χ1) is 9.89. The fraction of sp³-hybridized carbons (Fsp3) is 0.417. The molecule has 1 saturated heterocycles. The molecule has 0 aromatic heterocycles. The molecule has 1 atom stereocenters. The van der Waals surface area contributed by atoms with Crippen LogP contribution in [0.2, 0.25) is 0 Å². The molecule has 1 unspecified atom stereocenters. The van der Waals surface area contributed by atoms with Crippen LogP contribution in [0, 0.1) is 0 Å². The number of rotatable bonds is 1. The fourth-order valence-corrected chi connectivity index (χ4v) is 1.77. The van der Waals surface area contributed by atoms with Crippen LogP contribution < -0.4 is 4.90 Å². The summed E-state index contributed by atoms with van der Waals surface area (Å²) in [6, 6.07) is 4.53. The van der Waals surface area contributed by atoms with E-state index in [1.807, 2.05) is 0 Å². The summed E-state index contributed by atoms with van der Waals surface area (Å²) in [5.74, 6) is -0.552. The van der Waals surface area contributed by atoms with Crippen molar-refractivity contribution in [2.24, 2.45) is 0 Å². The van der Waals surface area contributed by atoms with Gasteiger partial charge in [-0.2, -0.15) is 21.6 Å². The molecule has 6 nitrogen and oxygen atoms in total. The highest BCUT2D eigenvalue weighted by atomic mass is 32.2. The van der Waals surface area contributed by atoms with Crippen LogP contribution in [0.5, 0.6) is 0 Å². The minimum absolute atomic E-state index is 0.168. The van der Waals surface area contributed by atoms with E-state index in [0.29, 0.717) is 6.26 Å². The van der Waals surface area contributed by atoms with Crippen LogP contribution in [-0.4, -0.2) is 42.9 Å². The van der Waals surface area contributed by atoms with Gasteiger partial charge in [0.15, 0.2) is 0 Å². The Labute approximate surface area is 124 Å². The van der Waals surface area contributed by atoms with Gasteiger partial charge in [0, 0.05) is 18.7 Å². The van der Waals surface area contributed by atoms with E-state index < -0.39 is 33.9 Å². The highest BCUT2D eigenvalue weighted by Crippen LogP contribution is 2.32. The highest BCUT2D eigenvalue weighted by molar-refractivity contribution is 7.85. The lowest BCUT2D eigenvalue weighted by Crippen LogP contribution is -2.29. The average molecular weight is 341 g/mol. The number of aliphatic hydroxyl groups excluding tert-OH is 1. The van der Waals surface area contributed by atoms with Crippen molar-refractivity contribution in [1.82, 2.24) is 0 Å². The lowest BCUT2D eigenvalue weighted by molar-refractivity contribution is -0.137. The van der Waals surface area contributed by atoms with E-state index in [2.05, 4.69) is 0 Å². The molecule has 0 aliphatic carbocycles. The first-order valence-electron chi connectivity index (χ1n) is 5.99. The van der Waals surface area contributed by atoms with Crippen molar-refractivity contribution in [3.8, 4) is 0 Å². The Morgan fingerprint density at radius 1 is 1.32 bits per heavy atom. The number of amides is 1. The maximum atomic E-state index is 12.5. The minimum atomic E-state index is -4.43. The summed E-state index contributed by atoms with van der Waals surface area (Å²) in [5, 5.41) is 9.25. The van der Waals surface area contributed by atoms with Crippen LogP contribution in [0.3, 0.4) is 0 Å². The van der Waals surface area contributed by atoms with Crippen molar-refractivity contribution in [3.05, 3.63) is 29.8 Å². The third-order valence-electron chi connectivity index (χ3n) is 2.66. The predicted octanol–water partition coefficient (Wildman–Crippen LogP) is 1.31. The Kier molecular flexibility index (Phi) is 5.54.